The van der Waals surface area contributed by atoms with Crippen molar-refractivity contribution in [1.29, 1.82) is 0 Å². The second-order valence-corrected chi connectivity index (χ2v) is 6.62. The van der Waals surface area contributed by atoms with Gasteiger partial charge in [0, 0.05) is 36.9 Å². The Balaban J connectivity index is 1.74. The molecule has 1 aliphatic heterocycles. The lowest BCUT2D eigenvalue weighted by atomic mass is 10.1. The molecule has 0 bridgehead atoms. The summed E-state index contributed by atoms with van der Waals surface area (Å²) >= 11 is 1.65. The third kappa shape index (κ3) is 2.94. The van der Waals surface area contributed by atoms with Crippen molar-refractivity contribution in [1.82, 2.24) is 19.8 Å². The number of carbonyl (C=O) groups is 1. The van der Waals surface area contributed by atoms with Crippen LogP contribution in [-0.4, -0.2) is 51.9 Å². The fraction of sp³-hybridized carbons (Fsp3) is 0.500. The van der Waals surface area contributed by atoms with E-state index in [9.17, 15) is 4.79 Å². The molecule has 0 aliphatic carbocycles. The molecule has 6 heteroatoms. The lowest BCUT2D eigenvalue weighted by Gasteiger charge is -2.40. The Labute approximate surface area is 135 Å². The third-order valence-corrected chi connectivity index (χ3v) is 5.44. The van der Waals surface area contributed by atoms with Crippen molar-refractivity contribution >= 4 is 17.2 Å². The SMILES string of the molecule is CCN1CCN(C(=O)[C@H](C)c2cccs2)C[C@@H]1c1ncc[nH]1. The summed E-state index contributed by atoms with van der Waals surface area (Å²) in [5.74, 6) is 1.10. The van der Waals surface area contributed by atoms with E-state index in [0.717, 1.165) is 30.3 Å². The zero-order valence-corrected chi connectivity index (χ0v) is 13.8. The normalized spacial score (nSPS) is 21.0. The zero-order valence-electron chi connectivity index (χ0n) is 13.0. The quantitative estimate of drug-likeness (QED) is 0.942. The standard InChI is InChI=1S/C16H22N4OS/c1-3-19-8-9-20(11-13(19)15-17-6-7-18-15)16(21)12(2)14-5-4-10-22-14/h4-7,10,12-13H,3,8-9,11H2,1-2H3,(H,17,18)/t12-,13-/m1/s1. The van der Waals surface area contributed by atoms with E-state index in [4.69, 9.17) is 0 Å². The molecule has 1 saturated heterocycles. The Morgan fingerprint density at radius 1 is 1.55 bits per heavy atom. The number of nitrogens with zero attached hydrogens (tertiary/aromatic N) is 3. The molecule has 0 aromatic carbocycles. The maximum Gasteiger partial charge on any atom is 0.230 e. The summed E-state index contributed by atoms with van der Waals surface area (Å²) in [6.45, 7) is 7.51. The van der Waals surface area contributed by atoms with Crippen molar-refractivity contribution in [3.05, 3.63) is 40.6 Å². The van der Waals surface area contributed by atoms with Gasteiger partial charge in [-0.05, 0) is 24.9 Å². The second kappa shape index (κ2) is 6.62. The van der Waals surface area contributed by atoms with Crippen LogP contribution >= 0.6 is 11.3 Å². The van der Waals surface area contributed by atoms with Crippen LogP contribution in [0.5, 0.6) is 0 Å². The van der Waals surface area contributed by atoms with E-state index < -0.39 is 0 Å². The summed E-state index contributed by atoms with van der Waals surface area (Å²) in [5, 5.41) is 2.03. The van der Waals surface area contributed by atoms with Gasteiger partial charge in [-0.3, -0.25) is 9.69 Å². The lowest BCUT2D eigenvalue weighted by Crippen LogP contribution is -2.51. The van der Waals surface area contributed by atoms with Gasteiger partial charge in [0.05, 0.1) is 12.0 Å². The maximum atomic E-state index is 12.8. The minimum absolute atomic E-state index is 0.0644. The molecular formula is C16H22N4OS. The summed E-state index contributed by atoms with van der Waals surface area (Å²) in [6.07, 6.45) is 3.62. The van der Waals surface area contributed by atoms with Gasteiger partial charge in [-0.15, -0.1) is 11.3 Å². The molecule has 0 radical (unpaired) electrons. The first kappa shape index (κ1) is 15.2. The number of likely N-dealkylation sites (N-methyl/N-ethyl adjacent to an activating group) is 1. The number of rotatable bonds is 4. The predicted octanol–water partition coefficient (Wildman–Crippen LogP) is 2.48. The third-order valence-electron chi connectivity index (χ3n) is 4.38. The van der Waals surface area contributed by atoms with Crippen LogP contribution in [0.1, 0.15) is 36.5 Å². The highest BCUT2D eigenvalue weighted by molar-refractivity contribution is 7.10. The van der Waals surface area contributed by atoms with Gasteiger partial charge in [0.15, 0.2) is 0 Å². The molecule has 2 aromatic heterocycles. The Morgan fingerprint density at radius 2 is 2.41 bits per heavy atom. The number of aromatic nitrogens is 2. The van der Waals surface area contributed by atoms with Gasteiger partial charge in [-0.2, -0.15) is 0 Å². The van der Waals surface area contributed by atoms with Crippen molar-refractivity contribution in [3.63, 3.8) is 0 Å². The number of hydrogen-bond acceptors (Lipinski definition) is 4. The zero-order chi connectivity index (χ0) is 15.5. The van der Waals surface area contributed by atoms with Crippen molar-refractivity contribution in [2.45, 2.75) is 25.8 Å². The molecule has 22 heavy (non-hydrogen) atoms. The fourth-order valence-corrected chi connectivity index (χ4v) is 3.83. The average molecular weight is 318 g/mol. The monoisotopic (exact) mass is 318 g/mol. The fourth-order valence-electron chi connectivity index (χ4n) is 3.05. The largest absolute Gasteiger partial charge is 0.347 e. The molecule has 0 spiro atoms. The molecule has 0 saturated carbocycles. The van der Waals surface area contributed by atoms with Crippen LogP contribution in [0.4, 0.5) is 0 Å². The first-order valence-corrected chi connectivity index (χ1v) is 8.64. The number of hydrogen-bond donors (Lipinski definition) is 1. The summed E-state index contributed by atoms with van der Waals surface area (Å²) < 4.78 is 0. The van der Waals surface area contributed by atoms with E-state index in [1.165, 1.54) is 0 Å². The van der Waals surface area contributed by atoms with Crippen LogP contribution in [0.2, 0.25) is 0 Å². The highest BCUT2D eigenvalue weighted by Crippen LogP contribution is 2.27. The van der Waals surface area contributed by atoms with Crippen molar-refractivity contribution in [2.75, 3.05) is 26.2 Å². The molecule has 118 valence electrons. The van der Waals surface area contributed by atoms with Gasteiger partial charge in [0.2, 0.25) is 5.91 Å². The number of H-pyrrole nitrogens is 1. The first-order valence-electron chi connectivity index (χ1n) is 7.76. The van der Waals surface area contributed by atoms with Gasteiger partial charge in [0.25, 0.3) is 0 Å². The molecule has 5 nitrogen and oxygen atoms in total. The molecule has 1 amide bonds. The van der Waals surface area contributed by atoms with Crippen LogP contribution in [0.25, 0.3) is 0 Å². The summed E-state index contributed by atoms with van der Waals surface area (Å²) in [6, 6.07) is 4.21. The van der Waals surface area contributed by atoms with Crippen LogP contribution in [0.15, 0.2) is 29.9 Å². The van der Waals surface area contributed by atoms with E-state index in [1.807, 2.05) is 35.5 Å². The number of carbonyl (C=O) groups excluding carboxylic acids is 1. The predicted molar refractivity (Wildman–Crippen MR) is 87.9 cm³/mol. The first-order chi connectivity index (χ1) is 10.7. The van der Waals surface area contributed by atoms with Crippen molar-refractivity contribution < 1.29 is 4.79 Å². The smallest absolute Gasteiger partial charge is 0.230 e. The summed E-state index contributed by atoms with van der Waals surface area (Å²) in [5.41, 5.74) is 0. The van der Waals surface area contributed by atoms with Gasteiger partial charge in [-0.1, -0.05) is 13.0 Å². The van der Waals surface area contributed by atoms with Crippen LogP contribution in [0.3, 0.4) is 0 Å². The second-order valence-electron chi connectivity index (χ2n) is 5.64. The van der Waals surface area contributed by atoms with Crippen molar-refractivity contribution in [2.24, 2.45) is 0 Å². The van der Waals surface area contributed by atoms with Crippen LogP contribution < -0.4 is 0 Å². The molecular weight excluding hydrogens is 296 g/mol. The number of imidazole rings is 1. The Bertz CT molecular complexity index is 596. The van der Waals surface area contributed by atoms with Crippen LogP contribution in [-0.2, 0) is 4.79 Å². The van der Waals surface area contributed by atoms with Gasteiger partial charge >= 0.3 is 0 Å². The van der Waals surface area contributed by atoms with E-state index in [1.54, 1.807) is 17.5 Å². The van der Waals surface area contributed by atoms with Crippen LogP contribution in [0, 0.1) is 0 Å². The Kier molecular flexibility index (Phi) is 4.59. The summed E-state index contributed by atoms with van der Waals surface area (Å²) in [4.78, 5) is 25.9. The van der Waals surface area contributed by atoms with E-state index in [-0.39, 0.29) is 17.9 Å². The van der Waals surface area contributed by atoms with Crippen molar-refractivity contribution in [3.8, 4) is 0 Å². The molecule has 3 heterocycles. The van der Waals surface area contributed by atoms with E-state index >= 15 is 0 Å². The highest BCUT2D eigenvalue weighted by Gasteiger charge is 2.33. The molecule has 3 rings (SSSR count). The lowest BCUT2D eigenvalue weighted by molar-refractivity contribution is -0.135. The van der Waals surface area contributed by atoms with Gasteiger partial charge in [-0.25, -0.2) is 4.98 Å². The van der Waals surface area contributed by atoms with Gasteiger partial charge < -0.3 is 9.88 Å². The molecule has 0 unspecified atom stereocenters. The number of thiophene rings is 1. The Morgan fingerprint density at radius 3 is 3.05 bits per heavy atom. The van der Waals surface area contributed by atoms with E-state index in [0.29, 0.717) is 6.54 Å². The van der Waals surface area contributed by atoms with E-state index in [2.05, 4.69) is 21.8 Å². The summed E-state index contributed by atoms with van der Waals surface area (Å²) in [7, 11) is 0. The molecule has 1 aliphatic rings. The number of amides is 1. The molecule has 1 fully saturated rings. The topological polar surface area (TPSA) is 52.2 Å². The average Bonchev–Trinajstić information content (AvgIpc) is 3.25. The Hall–Kier alpha value is -1.66. The number of piperazine rings is 1. The number of aromatic amines is 1. The molecule has 2 aromatic rings. The molecule has 1 N–H and O–H groups in total. The molecule has 2 atom stereocenters. The number of nitrogens with one attached hydrogen (secondary N) is 1. The minimum atomic E-state index is -0.0644. The van der Waals surface area contributed by atoms with Gasteiger partial charge in [0.1, 0.15) is 5.82 Å². The minimum Gasteiger partial charge on any atom is -0.347 e. The maximum absolute atomic E-state index is 12.8. The highest BCUT2D eigenvalue weighted by atomic mass is 32.1.